The van der Waals surface area contributed by atoms with E-state index in [1.54, 1.807) is 30.3 Å². The Bertz CT molecular complexity index is 928. The molecule has 2 aromatic carbocycles. The Morgan fingerprint density at radius 2 is 1.93 bits per heavy atom. The first-order valence-corrected chi connectivity index (χ1v) is 9.53. The number of anilines is 1. The SMILES string of the molecule is N#Cc1cc(-c2cc(NC(=O)C3CC3)ccc2F)ccc1OC1CCOCC1. The van der Waals surface area contributed by atoms with Crippen molar-refractivity contribution in [3.8, 4) is 22.9 Å². The second-order valence-corrected chi connectivity index (χ2v) is 7.21. The maximum Gasteiger partial charge on any atom is 0.227 e. The molecule has 2 aliphatic rings. The van der Waals surface area contributed by atoms with Crippen LogP contribution in [0.1, 0.15) is 31.2 Å². The summed E-state index contributed by atoms with van der Waals surface area (Å²) in [6.07, 6.45) is 3.39. The molecule has 0 bridgehead atoms. The van der Waals surface area contributed by atoms with Crippen LogP contribution in [0.25, 0.3) is 11.1 Å². The van der Waals surface area contributed by atoms with Gasteiger partial charge in [-0.3, -0.25) is 4.79 Å². The van der Waals surface area contributed by atoms with E-state index in [4.69, 9.17) is 9.47 Å². The van der Waals surface area contributed by atoms with E-state index in [1.807, 2.05) is 0 Å². The van der Waals surface area contributed by atoms with Crippen molar-refractivity contribution in [3.05, 3.63) is 47.8 Å². The maximum absolute atomic E-state index is 14.4. The number of carbonyl (C=O) groups is 1. The Balaban J connectivity index is 1.58. The lowest BCUT2D eigenvalue weighted by molar-refractivity contribution is -0.117. The molecule has 28 heavy (non-hydrogen) atoms. The first kappa shape index (κ1) is 18.5. The topological polar surface area (TPSA) is 71.4 Å². The van der Waals surface area contributed by atoms with Gasteiger partial charge in [-0.05, 0) is 48.7 Å². The number of ether oxygens (including phenoxy) is 2. The lowest BCUT2D eigenvalue weighted by Gasteiger charge is -2.24. The van der Waals surface area contributed by atoms with E-state index in [0.29, 0.717) is 41.3 Å². The first-order valence-electron chi connectivity index (χ1n) is 9.53. The summed E-state index contributed by atoms with van der Waals surface area (Å²) in [6, 6.07) is 11.7. The van der Waals surface area contributed by atoms with Crippen LogP contribution in [0.5, 0.6) is 5.75 Å². The standard InChI is InChI=1S/C22H21FN2O3/c23-20-5-4-17(25-22(26)14-1-2-14)12-19(20)15-3-6-21(16(11-15)13-24)28-18-7-9-27-10-8-18/h3-6,11-12,14,18H,1-2,7-10H2,(H,25,26). The van der Waals surface area contributed by atoms with Crippen molar-refractivity contribution in [2.24, 2.45) is 5.92 Å². The first-order chi connectivity index (χ1) is 13.6. The third-order valence-corrected chi connectivity index (χ3v) is 5.06. The van der Waals surface area contributed by atoms with E-state index in [1.165, 1.54) is 6.07 Å². The van der Waals surface area contributed by atoms with E-state index in [-0.39, 0.29) is 17.9 Å². The van der Waals surface area contributed by atoms with Crippen LogP contribution in [-0.4, -0.2) is 25.2 Å². The molecule has 1 heterocycles. The number of benzene rings is 2. The Labute approximate surface area is 163 Å². The Hall–Kier alpha value is -2.91. The monoisotopic (exact) mass is 380 g/mol. The quantitative estimate of drug-likeness (QED) is 0.841. The van der Waals surface area contributed by atoms with Gasteiger partial charge in [-0.1, -0.05) is 6.07 Å². The zero-order valence-electron chi connectivity index (χ0n) is 15.4. The van der Waals surface area contributed by atoms with Crippen molar-refractivity contribution < 1.29 is 18.7 Å². The molecule has 5 nitrogen and oxygen atoms in total. The molecule has 1 aliphatic heterocycles. The molecule has 6 heteroatoms. The molecular weight excluding hydrogens is 359 g/mol. The van der Waals surface area contributed by atoms with E-state index in [9.17, 15) is 14.4 Å². The van der Waals surface area contributed by atoms with Gasteiger partial charge in [-0.15, -0.1) is 0 Å². The molecular formula is C22H21FN2O3. The van der Waals surface area contributed by atoms with E-state index in [0.717, 1.165) is 25.7 Å². The average molecular weight is 380 g/mol. The maximum atomic E-state index is 14.4. The third-order valence-electron chi connectivity index (χ3n) is 5.06. The van der Waals surface area contributed by atoms with Crippen LogP contribution in [0.15, 0.2) is 36.4 Å². The number of carbonyl (C=O) groups excluding carboxylic acids is 1. The predicted octanol–water partition coefficient (Wildman–Crippen LogP) is 4.27. The number of nitriles is 1. The van der Waals surface area contributed by atoms with Gasteiger partial charge in [0.25, 0.3) is 0 Å². The molecule has 2 fully saturated rings. The minimum absolute atomic E-state index is 0.0180. The summed E-state index contributed by atoms with van der Waals surface area (Å²) in [5.74, 6) is 0.124. The lowest BCUT2D eigenvalue weighted by atomic mass is 10.0. The van der Waals surface area contributed by atoms with E-state index >= 15 is 0 Å². The minimum atomic E-state index is -0.411. The van der Waals surface area contributed by atoms with Gasteiger partial charge >= 0.3 is 0 Å². The highest BCUT2D eigenvalue weighted by Crippen LogP contribution is 2.33. The van der Waals surface area contributed by atoms with Gasteiger partial charge < -0.3 is 14.8 Å². The number of hydrogen-bond acceptors (Lipinski definition) is 4. The Morgan fingerprint density at radius 1 is 1.14 bits per heavy atom. The Kier molecular flexibility index (Phi) is 5.27. The smallest absolute Gasteiger partial charge is 0.227 e. The van der Waals surface area contributed by atoms with Gasteiger partial charge in [0.05, 0.1) is 18.8 Å². The lowest BCUT2D eigenvalue weighted by Crippen LogP contribution is -2.26. The van der Waals surface area contributed by atoms with Gasteiger partial charge in [-0.2, -0.15) is 5.26 Å². The molecule has 144 valence electrons. The van der Waals surface area contributed by atoms with Crippen LogP contribution in [0.3, 0.4) is 0 Å². The number of rotatable bonds is 5. The van der Waals surface area contributed by atoms with Crippen LogP contribution in [0, 0.1) is 23.1 Å². The third kappa shape index (κ3) is 4.15. The fourth-order valence-electron chi connectivity index (χ4n) is 3.28. The van der Waals surface area contributed by atoms with Gasteiger partial charge in [0.2, 0.25) is 5.91 Å². The summed E-state index contributed by atoms with van der Waals surface area (Å²) in [5, 5.41) is 12.4. The second-order valence-electron chi connectivity index (χ2n) is 7.21. The fourth-order valence-corrected chi connectivity index (χ4v) is 3.28. The molecule has 0 radical (unpaired) electrons. The van der Waals surface area contributed by atoms with Crippen LogP contribution >= 0.6 is 0 Å². The molecule has 1 saturated heterocycles. The van der Waals surface area contributed by atoms with Crippen molar-refractivity contribution in [2.45, 2.75) is 31.8 Å². The van der Waals surface area contributed by atoms with Crippen molar-refractivity contribution in [3.63, 3.8) is 0 Å². The molecule has 0 atom stereocenters. The number of nitrogens with zero attached hydrogens (tertiary/aromatic N) is 1. The average Bonchev–Trinajstić information content (AvgIpc) is 3.56. The number of nitrogens with one attached hydrogen (secondary N) is 1. The molecule has 1 N–H and O–H groups in total. The van der Waals surface area contributed by atoms with Gasteiger partial charge in [0.1, 0.15) is 23.7 Å². The summed E-state index contributed by atoms with van der Waals surface area (Å²) in [6.45, 7) is 1.30. The van der Waals surface area contributed by atoms with Crippen molar-refractivity contribution >= 4 is 11.6 Å². The minimum Gasteiger partial charge on any atom is -0.489 e. The Morgan fingerprint density at radius 3 is 2.64 bits per heavy atom. The van der Waals surface area contributed by atoms with Crippen LogP contribution in [0.2, 0.25) is 0 Å². The van der Waals surface area contributed by atoms with E-state index < -0.39 is 5.82 Å². The van der Waals surface area contributed by atoms with Crippen LogP contribution < -0.4 is 10.1 Å². The highest BCUT2D eigenvalue weighted by atomic mass is 19.1. The molecule has 0 unspecified atom stereocenters. The summed E-state index contributed by atoms with van der Waals surface area (Å²) in [4.78, 5) is 12.0. The van der Waals surface area contributed by atoms with Crippen molar-refractivity contribution in [1.29, 1.82) is 5.26 Å². The molecule has 4 rings (SSSR count). The van der Waals surface area contributed by atoms with Crippen LogP contribution in [-0.2, 0) is 9.53 Å². The molecule has 2 aromatic rings. The summed E-state index contributed by atoms with van der Waals surface area (Å²) in [5.41, 5.74) is 1.81. The summed E-state index contributed by atoms with van der Waals surface area (Å²) >= 11 is 0. The molecule has 0 spiro atoms. The fraction of sp³-hybridized carbons (Fsp3) is 0.364. The van der Waals surface area contributed by atoms with Gasteiger partial charge in [0, 0.05) is 30.0 Å². The highest BCUT2D eigenvalue weighted by Gasteiger charge is 2.29. The van der Waals surface area contributed by atoms with Gasteiger partial charge in [0.15, 0.2) is 0 Å². The molecule has 1 saturated carbocycles. The largest absolute Gasteiger partial charge is 0.489 e. The number of halogens is 1. The molecule has 1 aliphatic carbocycles. The number of hydrogen-bond donors (Lipinski definition) is 1. The van der Waals surface area contributed by atoms with Crippen LogP contribution in [0.4, 0.5) is 10.1 Å². The highest BCUT2D eigenvalue weighted by molar-refractivity contribution is 5.94. The van der Waals surface area contributed by atoms with Gasteiger partial charge in [-0.25, -0.2) is 4.39 Å². The molecule has 1 amide bonds. The number of amides is 1. The van der Waals surface area contributed by atoms with E-state index in [2.05, 4.69) is 11.4 Å². The predicted molar refractivity (Wildman–Crippen MR) is 102 cm³/mol. The van der Waals surface area contributed by atoms with Crippen molar-refractivity contribution in [1.82, 2.24) is 0 Å². The molecule has 0 aromatic heterocycles. The summed E-state index contributed by atoms with van der Waals surface area (Å²) < 4.78 is 25.7. The normalized spacial score (nSPS) is 17.0. The zero-order chi connectivity index (χ0) is 19.5. The summed E-state index contributed by atoms with van der Waals surface area (Å²) in [7, 11) is 0. The zero-order valence-corrected chi connectivity index (χ0v) is 15.4. The van der Waals surface area contributed by atoms with Crippen molar-refractivity contribution in [2.75, 3.05) is 18.5 Å². The second kappa shape index (κ2) is 7.99.